The van der Waals surface area contributed by atoms with Crippen molar-refractivity contribution in [2.75, 3.05) is 6.61 Å². The van der Waals surface area contributed by atoms with Crippen LogP contribution >= 0.6 is 22.9 Å². The molecule has 0 unspecified atom stereocenters. The van der Waals surface area contributed by atoms with Crippen LogP contribution in [0.4, 0.5) is 0 Å². The van der Waals surface area contributed by atoms with Crippen molar-refractivity contribution in [2.45, 2.75) is 6.92 Å². The molecule has 78 valence electrons. The van der Waals surface area contributed by atoms with Crippen molar-refractivity contribution in [3.05, 3.63) is 22.3 Å². The van der Waals surface area contributed by atoms with Gasteiger partial charge in [0.05, 0.1) is 11.6 Å². The molecule has 2 aromatic heterocycles. The molecule has 0 N–H and O–H groups in total. The molecule has 4 nitrogen and oxygen atoms in total. The Bertz CT molecular complexity index is 512. The van der Waals surface area contributed by atoms with E-state index in [9.17, 15) is 4.79 Å². The molecule has 0 amide bonds. The molecule has 0 aliphatic carbocycles. The minimum atomic E-state index is -0.424. The zero-order valence-electron chi connectivity index (χ0n) is 7.86. The first kappa shape index (κ1) is 10.3. The van der Waals surface area contributed by atoms with Crippen LogP contribution in [-0.4, -0.2) is 22.5 Å². The van der Waals surface area contributed by atoms with E-state index < -0.39 is 5.97 Å². The maximum Gasteiger partial charge on any atom is 0.350 e. The second-order valence-corrected chi connectivity index (χ2v) is 4.05. The first-order valence-electron chi connectivity index (χ1n) is 4.30. The fourth-order valence-corrected chi connectivity index (χ4v) is 2.40. The summed E-state index contributed by atoms with van der Waals surface area (Å²) in [7, 11) is 0. The maximum absolute atomic E-state index is 11.5. The van der Waals surface area contributed by atoms with Crippen molar-refractivity contribution in [1.29, 1.82) is 0 Å². The van der Waals surface area contributed by atoms with Crippen molar-refractivity contribution < 1.29 is 9.53 Å². The molecule has 0 fully saturated rings. The van der Waals surface area contributed by atoms with Crippen molar-refractivity contribution in [3.63, 3.8) is 0 Å². The average molecular weight is 243 g/mol. The van der Waals surface area contributed by atoms with E-state index in [0.717, 1.165) is 0 Å². The molecule has 0 aliphatic heterocycles. The average Bonchev–Trinajstić information content (AvgIpc) is 2.57. The van der Waals surface area contributed by atoms with Crippen LogP contribution in [0.15, 0.2) is 12.4 Å². The number of fused-ring (bicyclic) bond motifs is 1. The van der Waals surface area contributed by atoms with Crippen molar-refractivity contribution >= 4 is 39.3 Å². The third-order valence-electron chi connectivity index (χ3n) is 1.73. The lowest BCUT2D eigenvalue weighted by atomic mass is 10.4. The predicted octanol–water partition coefficient (Wildman–Crippen LogP) is 2.52. The molecule has 15 heavy (non-hydrogen) atoms. The number of ether oxygens (including phenoxy) is 1. The van der Waals surface area contributed by atoms with Gasteiger partial charge in [0.25, 0.3) is 0 Å². The Morgan fingerprint density at radius 2 is 2.27 bits per heavy atom. The first-order valence-corrected chi connectivity index (χ1v) is 5.49. The summed E-state index contributed by atoms with van der Waals surface area (Å²) >= 11 is 7.19. The number of nitrogens with zero attached hydrogens (tertiary/aromatic N) is 2. The molecular formula is C9H7ClN2O2S. The van der Waals surface area contributed by atoms with Gasteiger partial charge in [0.1, 0.15) is 15.2 Å². The molecule has 0 bridgehead atoms. The third kappa shape index (κ3) is 1.80. The summed E-state index contributed by atoms with van der Waals surface area (Å²) in [6, 6.07) is 0. The van der Waals surface area contributed by atoms with Gasteiger partial charge in [-0.1, -0.05) is 11.6 Å². The molecule has 6 heteroatoms. The number of hydrogen-bond acceptors (Lipinski definition) is 5. The van der Waals surface area contributed by atoms with Crippen molar-refractivity contribution in [1.82, 2.24) is 9.97 Å². The molecule has 0 saturated carbocycles. The van der Waals surface area contributed by atoms with Crippen LogP contribution in [0.5, 0.6) is 0 Å². The molecular weight excluding hydrogens is 236 g/mol. The lowest BCUT2D eigenvalue weighted by molar-refractivity contribution is 0.0532. The number of carbonyl (C=O) groups excluding carboxylic acids is 1. The highest BCUT2D eigenvalue weighted by Gasteiger charge is 2.19. The number of esters is 1. The Morgan fingerprint density at radius 3 is 2.93 bits per heavy atom. The molecule has 0 atom stereocenters. The van der Waals surface area contributed by atoms with Gasteiger partial charge in [-0.15, -0.1) is 11.3 Å². The molecule has 2 aromatic rings. The summed E-state index contributed by atoms with van der Waals surface area (Å²) in [5.74, 6) is -0.424. The smallest absolute Gasteiger partial charge is 0.350 e. The lowest BCUT2D eigenvalue weighted by Gasteiger charge is -1.97. The highest BCUT2D eigenvalue weighted by molar-refractivity contribution is 7.21. The van der Waals surface area contributed by atoms with Crippen molar-refractivity contribution in [2.24, 2.45) is 0 Å². The topological polar surface area (TPSA) is 52.1 Å². The zero-order chi connectivity index (χ0) is 10.8. The molecule has 0 aromatic carbocycles. The minimum Gasteiger partial charge on any atom is -0.462 e. The van der Waals surface area contributed by atoms with Crippen LogP contribution in [0, 0.1) is 0 Å². The van der Waals surface area contributed by atoms with Crippen LogP contribution in [0.1, 0.15) is 16.6 Å². The summed E-state index contributed by atoms with van der Waals surface area (Å²) in [6.45, 7) is 2.07. The molecule has 0 aliphatic rings. The first-order chi connectivity index (χ1) is 7.24. The Labute approximate surface area is 94.9 Å². The molecule has 0 saturated heterocycles. The highest BCUT2D eigenvalue weighted by Crippen LogP contribution is 2.32. The van der Waals surface area contributed by atoms with Crippen LogP contribution in [0.2, 0.25) is 5.02 Å². The maximum atomic E-state index is 11.5. The number of rotatable bonds is 2. The van der Waals surface area contributed by atoms with Crippen LogP contribution < -0.4 is 0 Å². The van der Waals surface area contributed by atoms with Gasteiger partial charge in [-0.25, -0.2) is 9.78 Å². The van der Waals surface area contributed by atoms with Gasteiger partial charge >= 0.3 is 5.97 Å². The van der Waals surface area contributed by atoms with Gasteiger partial charge in [-0.3, -0.25) is 4.98 Å². The monoisotopic (exact) mass is 242 g/mol. The largest absolute Gasteiger partial charge is 0.462 e. The Kier molecular flexibility index (Phi) is 2.83. The molecule has 0 spiro atoms. The van der Waals surface area contributed by atoms with Gasteiger partial charge in [-0.2, -0.15) is 0 Å². The summed E-state index contributed by atoms with van der Waals surface area (Å²) in [6.07, 6.45) is 3.10. The van der Waals surface area contributed by atoms with E-state index in [2.05, 4.69) is 9.97 Å². The molecule has 2 heterocycles. The standard InChI is InChI=1S/C9H7ClN2O2S/c1-2-14-9(13)7-5(10)6-8(15-7)12-4-3-11-6/h3-4H,2H2,1H3. The van der Waals surface area contributed by atoms with E-state index in [1.54, 1.807) is 13.1 Å². The van der Waals surface area contributed by atoms with Crippen LogP contribution in [-0.2, 0) is 4.74 Å². The van der Waals surface area contributed by atoms with Crippen LogP contribution in [0.3, 0.4) is 0 Å². The summed E-state index contributed by atoms with van der Waals surface area (Å²) in [4.78, 5) is 20.6. The number of hydrogen-bond donors (Lipinski definition) is 0. The predicted molar refractivity (Wildman–Crippen MR) is 58.4 cm³/mol. The number of aromatic nitrogens is 2. The summed E-state index contributed by atoms with van der Waals surface area (Å²) in [5.41, 5.74) is 0.548. The number of halogens is 1. The second kappa shape index (κ2) is 4.12. The van der Waals surface area contributed by atoms with E-state index >= 15 is 0 Å². The third-order valence-corrected chi connectivity index (χ3v) is 3.28. The second-order valence-electron chi connectivity index (χ2n) is 2.68. The Balaban J connectivity index is 2.53. The van der Waals surface area contributed by atoms with Gasteiger partial charge in [-0.05, 0) is 6.92 Å². The van der Waals surface area contributed by atoms with E-state index in [1.807, 2.05) is 0 Å². The minimum absolute atomic E-state index is 0.321. The van der Waals surface area contributed by atoms with E-state index in [0.29, 0.717) is 26.9 Å². The zero-order valence-corrected chi connectivity index (χ0v) is 9.43. The lowest BCUT2D eigenvalue weighted by Crippen LogP contribution is -2.02. The Morgan fingerprint density at radius 1 is 1.53 bits per heavy atom. The molecule has 0 radical (unpaired) electrons. The van der Waals surface area contributed by atoms with Gasteiger partial charge < -0.3 is 4.74 Å². The van der Waals surface area contributed by atoms with Gasteiger partial charge in [0.2, 0.25) is 0 Å². The Hall–Kier alpha value is -1.20. The normalized spacial score (nSPS) is 10.5. The fourth-order valence-electron chi connectivity index (χ4n) is 1.13. The van der Waals surface area contributed by atoms with Gasteiger partial charge in [0.15, 0.2) is 0 Å². The molecule has 2 rings (SSSR count). The van der Waals surface area contributed by atoms with Crippen LogP contribution in [0.25, 0.3) is 10.3 Å². The summed E-state index contributed by atoms with van der Waals surface area (Å²) in [5, 5.41) is 0.321. The van der Waals surface area contributed by atoms with E-state index in [-0.39, 0.29) is 0 Å². The summed E-state index contributed by atoms with van der Waals surface area (Å²) < 4.78 is 4.87. The number of thiophene rings is 1. The van der Waals surface area contributed by atoms with E-state index in [4.69, 9.17) is 16.3 Å². The van der Waals surface area contributed by atoms with Crippen molar-refractivity contribution in [3.8, 4) is 0 Å². The highest BCUT2D eigenvalue weighted by atomic mass is 35.5. The van der Waals surface area contributed by atoms with Gasteiger partial charge in [0, 0.05) is 12.4 Å². The SMILES string of the molecule is CCOC(=O)c1sc2nccnc2c1Cl. The quantitative estimate of drug-likeness (QED) is 0.760. The number of carbonyl (C=O) groups is 1. The van der Waals surface area contributed by atoms with E-state index in [1.165, 1.54) is 17.5 Å². The fraction of sp³-hybridized carbons (Fsp3) is 0.222.